The summed E-state index contributed by atoms with van der Waals surface area (Å²) >= 11 is 0. The third-order valence-corrected chi connectivity index (χ3v) is 8.61. The van der Waals surface area contributed by atoms with Crippen LogP contribution in [0.3, 0.4) is 0 Å². The van der Waals surface area contributed by atoms with Crippen molar-refractivity contribution in [3.63, 3.8) is 0 Å². The first-order valence-electron chi connectivity index (χ1n) is 14.3. The van der Waals surface area contributed by atoms with Crippen LogP contribution in [0.2, 0.25) is 0 Å². The van der Waals surface area contributed by atoms with Gasteiger partial charge in [0.1, 0.15) is 0 Å². The maximum absolute atomic E-state index is 13.4. The minimum Gasteiger partial charge on any atom is -0.354 e. The molecule has 1 unspecified atom stereocenters. The number of nitrogens with one attached hydrogen (secondary N) is 2. The molecule has 6 nitrogen and oxygen atoms in total. The second kappa shape index (κ2) is 12.2. The molecule has 3 aliphatic rings. The first-order valence-corrected chi connectivity index (χ1v) is 14.3. The van der Waals surface area contributed by atoms with Gasteiger partial charge in [0.2, 0.25) is 11.8 Å². The first kappa shape index (κ1) is 25.9. The Labute approximate surface area is 221 Å². The fraction of sp³-hybridized carbons (Fsp3) is 0.548. The third-order valence-electron chi connectivity index (χ3n) is 8.61. The van der Waals surface area contributed by atoms with Crippen LogP contribution >= 0.6 is 0 Å². The van der Waals surface area contributed by atoms with Gasteiger partial charge in [0.05, 0.1) is 11.8 Å². The molecule has 2 amide bonds. The minimum absolute atomic E-state index is 0.0353. The monoisotopic (exact) mass is 502 g/mol. The number of hydrogen-bond donors (Lipinski definition) is 2. The second-order valence-corrected chi connectivity index (χ2v) is 11.1. The minimum atomic E-state index is -0.202. The number of nitrogens with zero attached hydrogens (tertiary/aromatic N) is 2. The molecule has 2 aliphatic heterocycles. The molecule has 6 heteroatoms. The highest BCUT2D eigenvalue weighted by molar-refractivity contribution is 5.93. The van der Waals surface area contributed by atoms with E-state index in [2.05, 4.69) is 63.8 Å². The van der Waals surface area contributed by atoms with Crippen molar-refractivity contribution < 1.29 is 9.59 Å². The number of likely N-dealkylation sites (tertiary alicyclic amines) is 2. The molecule has 2 N–H and O–H groups in total. The predicted octanol–water partition coefficient (Wildman–Crippen LogP) is 3.90. The fourth-order valence-electron chi connectivity index (χ4n) is 6.48. The molecule has 198 valence electrons. The number of carbonyl (C=O) groups is 2. The van der Waals surface area contributed by atoms with Crippen LogP contribution in [0.25, 0.3) is 0 Å². The van der Waals surface area contributed by atoms with Crippen LogP contribution in [0.15, 0.2) is 48.5 Å². The number of benzene rings is 2. The van der Waals surface area contributed by atoms with Gasteiger partial charge in [-0.1, -0.05) is 43.3 Å². The lowest BCUT2D eigenvalue weighted by atomic mass is 9.87. The van der Waals surface area contributed by atoms with Gasteiger partial charge in [-0.3, -0.25) is 14.5 Å². The Balaban J connectivity index is 1.23. The van der Waals surface area contributed by atoms with E-state index in [9.17, 15) is 9.59 Å². The average Bonchev–Trinajstić information content (AvgIpc) is 3.59. The fourth-order valence-corrected chi connectivity index (χ4v) is 6.48. The van der Waals surface area contributed by atoms with Crippen molar-refractivity contribution in [3.8, 4) is 0 Å². The van der Waals surface area contributed by atoms with Crippen molar-refractivity contribution in [2.75, 3.05) is 44.6 Å². The number of anilines is 1. The van der Waals surface area contributed by atoms with Crippen molar-refractivity contribution in [1.29, 1.82) is 0 Å². The van der Waals surface area contributed by atoms with Gasteiger partial charge >= 0.3 is 0 Å². The van der Waals surface area contributed by atoms with E-state index in [-0.39, 0.29) is 23.7 Å². The van der Waals surface area contributed by atoms with Crippen LogP contribution in [-0.2, 0) is 28.9 Å². The molecule has 2 aromatic rings. The van der Waals surface area contributed by atoms with Gasteiger partial charge in [-0.2, -0.15) is 0 Å². The molecule has 0 aromatic heterocycles. The molecule has 2 saturated heterocycles. The van der Waals surface area contributed by atoms with Crippen molar-refractivity contribution in [3.05, 3.63) is 65.2 Å². The lowest BCUT2D eigenvalue weighted by Crippen LogP contribution is -2.51. The number of rotatable bonds is 9. The van der Waals surface area contributed by atoms with E-state index in [0.717, 1.165) is 51.0 Å². The topological polar surface area (TPSA) is 64.7 Å². The number of piperidine rings is 1. The summed E-state index contributed by atoms with van der Waals surface area (Å²) < 4.78 is 0. The molecule has 2 heterocycles. The van der Waals surface area contributed by atoms with Crippen molar-refractivity contribution in [2.45, 2.75) is 57.9 Å². The maximum Gasteiger partial charge on any atom is 0.228 e. The molecule has 2 aromatic carbocycles. The van der Waals surface area contributed by atoms with Gasteiger partial charge in [-0.25, -0.2) is 0 Å². The summed E-state index contributed by atoms with van der Waals surface area (Å²) in [7, 11) is 0. The summed E-state index contributed by atoms with van der Waals surface area (Å²) in [6.45, 7) is 7.31. The molecule has 0 bridgehead atoms. The van der Waals surface area contributed by atoms with Crippen LogP contribution in [0.1, 0.15) is 49.3 Å². The maximum atomic E-state index is 13.4. The van der Waals surface area contributed by atoms with Gasteiger partial charge in [0.15, 0.2) is 0 Å². The Morgan fingerprint density at radius 2 is 1.73 bits per heavy atom. The number of aryl methyl sites for hydroxylation is 2. The molecule has 3 atom stereocenters. The molecular weight excluding hydrogens is 460 g/mol. The van der Waals surface area contributed by atoms with Crippen molar-refractivity contribution in [1.82, 2.24) is 15.1 Å². The Bertz CT molecular complexity index is 1070. The summed E-state index contributed by atoms with van der Waals surface area (Å²) in [6.07, 6.45) is 7.29. The van der Waals surface area contributed by atoms with E-state index in [1.54, 1.807) is 0 Å². The Hall–Kier alpha value is -2.70. The van der Waals surface area contributed by atoms with Gasteiger partial charge in [-0.15, -0.1) is 0 Å². The summed E-state index contributed by atoms with van der Waals surface area (Å²) in [5.74, 6) is -0.236. The van der Waals surface area contributed by atoms with E-state index >= 15 is 0 Å². The summed E-state index contributed by atoms with van der Waals surface area (Å²) in [5, 5.41) is 6.43. The zero-order valence-electron chi connectivity index (χ0n) is 22.3. The van der Waals surface area contributed by atoms with E-state index in [0.29, 0.717) is 32.1 Å². The van der Waals surface area contributed by atoms with Gasteiger partial charge < -0.3 is 15.5 Å². The van der Waals surface area contributed by atoms with E-state index in [1.807, 2.05) is 12.1 Å². The van der Waals surface area contributed by atoms with E-state index in [4.69, 9.17) is 0 Å². The lowest BCUT2D eigenvalue weighted by Gasteiger charge is -2.37. The highest BCUT2D eigenvalue weighted by atomic mass is 16.2. The van der Waals surface area contributed by atoms with Gasteiger partial charge in [0, 0.05) is 37.9 Å². The molecule has 5 rings (SSSR count). The largest absolute Gasteiger partial charge is 0.354 e. The highest BCUT2D eigenvalue weighted by Gasteiger charge is 2.35. The van der Waals surface area contributed by atoms with E-state index < -0.39 is 0 Å². The number of fused-ring (bicyclic) bond motifs is 1. The predicted molar refractivity (Wildman–Crippen MR) is 149 cm³/mol. The first-order chi connectivity index (χ1) is 18.1. The van der Waals surface area contributed by atoms with Crippen LogP contribution in [0.4, 0.5) is 5.69 Å². The molecule has 0 radical (unpaired) electrons. The smallest absolute Gasteiger partial charge is 0.228 e. The van der Waals surface area contributed by atoms with Crippen LogP contribution in [-0.4, -0.2) is 66.9 Å². The summed E-state index contributed by atoms with van der Waals surface area (Å²) in [4.78, 5) is 31.5. The van der Waals surface area contributed by atoms with Crippen molar-refractivity contribution >= 4 is 17.5 Å². The number of likely N-dealkylation sites (N-methyl/N-ethyl adjacent to an activating group) is 1. The third kappa shape index (κ3) is 6.60. The van der Waals surface area contributed by atoms with Crippen LogP contribution in [0.5, 0.6) is 0 Å². The standard InChI is InChI=1S/C31H42N4O2/c1-2-35-16-7-12-29(35)20-32-30(36)26-18-27(22-34(21-26)17-15-23-8-4-3-5-9-23)31(37)33-28-14-13-24-10-6-11-25(24)19-28/h3-5,8-9,13-14,19,26-27,29H,2,6-7,10-12,15-18,20-22H2,1H3,(H,32,36)(H,33,37)/t26-,27+,29?/m0/s1. The number of hydrogen-bond acceptors (Lipinski definition) is 4. The lowest BCUT2D eigenvalue weighted by molar-refractivity contribution is -0.130. The zero-order chi connectivity index (χ0) is 25.6. The normalized spacial score (nSPS) is 24.1. The van der Waals surface area contributed by atoms with Crippen molar-refractivity contribution in [2.24, 2.45) is 11.8 Å². The summed E-state index contributed by atoms with van der Waals surface area (Å²) in [6, 6.07) is 17.2. The SMILES string of the molecule is CCN1CCCC1CNC(=O)[C@H]1C[C@@H](C(=O)Nc2ccc3c(c2)CCC3)CN(CCc2ccccc2)C1. The zero-order valence-corrected chi connectivity index (χ0v) is 22.3. The van der Waals surface area contributed by atoms with Gasteiger partial charge in [-0.05, 0) is 86.9 Å². The second-order valence-electron chi connectivity index (χ2n) is 11.1. The van der Waals surface area contributed by atoms with Gasteiger partial charge in [0.25, 0.3) is 0 Å². The average molecular weight is 503 g/mol. The number of carbonyl (C=O) groups excluding carboxylic acids is 2. The molecule has 1 aliphatic carbocycles. The highest BCUT2D eigenvalue weighted by Crippen LogP contribution is 2.27. The Morgan fingerprint density at radius 1 is 0.946 bits per heavy atom. The van der Waals surface area contributed by atoms with Crippen LogP contribution < -0.4 is 10.6 Å². The Morgan fingerprint density at radius 3 is 2.54 bits per heavy atom. The molecular formula is C31H42N4O2. The summed E-state index contributed by atoms with van der Waals surface area (Å²) in [5.41, 5.74) is 4.93. The molecule has 2 fully saturated rings. The van der Waals surface area contributed by atoms with Crippen LogP contribution in [0, 0.1) is 11.8 Å². The quantitative estimate of drug-likeness (QED) is 0.546. The van der Waals surface area contributed by atoms with E-state index in [1.165, 1.54) is 29.5 Å². The molecule has 0 spiro atoms. The Kier molecular flexibility index (Phi) is 8.57. The molecule has 0 saturated carbocycles. The number of amides is 2. The molecule has 37 heavy (non-hydrogen) atoms.